The number of hydrogen-bond donors (Lipinski definition) is 0. The van der Waals surface area contributed by atoms with E-state index in [2.05, 4.69) is 16.0 Å². The molecule has 0 aromatic rings. The molecule has 0 N–H and O–H groups in total. The largest absolute Gasteiger partial charge is 4.00 e. The number of nitrogens with zero attached hydrogens (tertiary/aromatic N) is 3. The van der Waals surface area contributed by atoms with Crippen LogP contribution in [0.2, 0.25) is 0 Å². The summed E-state index contributed by atoms with van der Waals surface area (Å²) in [6.45, 7) is 1.74. The van der Waals surface area contributed by atoms with E-state index in [1.807, 2.05) is 0 Å². The summed E-state index contributed by atoms with van der Waals surface area (Å²) in [6.07, 6.45) is 0. The summed E-state index contributed by atoms with van der Waals surface area (Å²) >= 11 is 0. The van der Waals surface area contributed by atoms with E-state index in [-0.39, 0.29) is 29.1 Å². The van der Waals surface area contributed by atoms with E-state index in [9.17, 15) is 0 Å². The molecule has 0 aromatic carbocycles. The first kappa shape index (κ1) is 22.6. The number of rotatable bonds is 3. The fourth-order valence-corrected chi connectivity index (χ4v) is 0.200. The zero-order valence-electron chi connectivity index (χ0n) is 8.26. The van der Waals surface area contributed by atoms with Crippen LogP contribution in [-0.4, -0.2) is 41.3 Å². The van der Waals surface area contributed by atoms with Crippen molar-refractivity contribution in [2.45, 2.75) is 0 Å². The van der Waals surface area contributed by atoms with Crippen LogP contribution in [0.4, 0.5) is 0 Å². The average molecular weight is 193 g/mol. The third-order valence-electron chi connectivity index (χ3n) is 0.547. The van der Waals surface area contributed by atoms with Gasteiger partial charge < -0.3 is 23.4 Å². The van der Waals surface area contributed by atoms with E-state index in [0.717, 1.165) is 13.1 Å². The molecule has 0 unspecified atom stereocenters. The summed E-state index contributed by atoms with van der Waals surface area (Å²) in [5.41, 5.74) is 0. The summed E-state index contributed by atoms with van der Waals surface area (Å²) in [6, 6.07) is 0. The van der Waals surface area contributed by atoms with Crippen molar-refractivity contribution in [2.24, 2.45) is 0 Å². The van der Waals surface area contributed by atoms with Gasteiger partial charge in [-0.05, 0) is 0 Å². The van der Waals surface area contributed by atoms with Crippen molar-refractivity contribution in [1.29, 1.82) is 0 Å². The predicted molar refractivity (Wildman–Crippen MR) is 49.9 cm³/mol. The second-order valence-corrected chi connectivity index (χ2v) is 1.53. The van der Waals surface area contributed by atoms with Crippen molar-refractivity contribution in [1.82, 2.24) is 0 Å². The normalized spacial score (nSPS) is 6.55. The molecular weight excluding hydrogens is 174 g/mol. The topological polar surface area (TPSA) is 42.3 Å². The summed E-state index contributed by atoms with van der Waals surface area (Å²) in [5, 5.41) is 11.2. The van der Waals surface area contributed by atoms with E-state index >= 15 is 0 Å². The van der Waals surface area contributed by atoms with Gasteiger partial charge in [-0.25, -0.2) is 0 Å². The molecule has 0 aromatic heterocycles. The Morgan fingerprint density at radius 1 is 0.818 bits per heavy atom. The van der Waals surface area contributed by atoms with Crippen LogP contribution in [0.25, 0.3) is 16.0 Å². The molecule has 66 valence electrons. The van der Waals surface area contributed by atoms with Crippen molar-refractivity contribution >= 4 is 0 Å². The molecule has 4 heteroatoms. The standard InChI is InChI=1S/C4H10N2.C2H6N.CH3.Ti/c1-5-3-4-6-2;1-3-2;;/h3-4H2,1-2H3;1-2H3;1H3;/q-2;2*-1;+4. The molecular formula is C7H19N3Ti. The summed E-state index contributed by atoms with van der Waals surface area (Å²) in [7, 11) is 7.09. The van der Waals surface area contributed by atoms with E-state index in [4.69, 9.17) is 0 Å². The maximum Gasteiger partial charge on any atom is 4.00 e. The molecule has 0 amide bonds. The van der Waals surface area contributed by atoms with Crippen LogP contribution in [0.5, 0.6) is 0 Å². The molecule has 0 saturated carbocycles. The smallest absolute Gasteiger partial charge is 0.668 e. The Hall–Kier alpha value is 0.594. The SMILES string of the molecule is C[N-]C.C[N-]CC[N-]C.[CH3-].[Ti+4]. The van der Waals surface area contributed by atoms with Crippen molar-refractivity contribution in [3.05, 3.63) is 23.4 Å². The second-order valence-electron chi connectivity index (χ2n) is 1.53. The van der Waals surface area contributed by atoms with E-state index in [1.54, 1.807) is 28.2 Å². The van der Waals surface area contributed by atoms with Gasteiger partial charge >= 0.3 is 21.7 Å². The molecule has 11 heavy (non-hydrogen) atoms. The molecule has 0 aliphatic rings. The van der Waals surface area contributed by atoms with Crippen molar-refractivity contribution < 1.29 is 21.7 Å². The first-order chi connectivity index (χ1) is 4.33. The zero-order valence-corrected chi connectivity index (χ0v) is 9.82. The Bertz CT molecular complexity index is 32.9. The van der Waals surface area contributed by atoms with Gasteiger partial charge in [0.05, 0.1) is 0 Å². The summed E-state index contributed by atoms with van der Waals surface area (Å²) in [5.74, 6) is 0. The molecule has 0 fully saturated rings. The molecule has 3 nitrogen and oxygen atoms in total. The third-order valence-corrected chi connectivity index (χ3v) is 0.547. The molecule has 0 aliphatic heterocycles. The van der Waals surface area contributed by atoms with Crippen LogP contribution in [0.1, 0.15) is 0 Å². The number of likely N-dealkylation sites (N-methyl/N-ethyl adjacent to an activating group) is 2. The molecule has 0 heterocycles. The van der Waals surface area contributed by atoms with Gasteiger partial charge in [0, 0.05) is 0 Å². The van der Waals surface area contributed by atoms with Crippen molar-refractivity contribution in [3.63, 3.8) is 0 Å². The Morgan fingerprint density at radius 3 is 1.09 bits per heavy atom. The maximum atomic E-state index is 3.83. The third kappa shape index (κ3) is 60.6. The van der Waals surface area contributed by atoms with Crippen LogP contribution in [0.3, 0.4) is 0 Å². The van der Waals surface area contributed by atoms with Gasteiger partial charge in [-0.15, -0.1) is 0 Å². The minimum Gasteiger partial charge on any atom is -0.668 e. The fraction of sp³-hybridized carbons (Fsp3) is 0.857. The Balaban J connectivity index is -0.0000000437. The van der Waals surface area contributed by atoms with Crippen molar-refractivity contribution in [3.8, 4) is 0 Å². The average Bonchev–Trinajstić information content (AvgIpc) is 1.86. The predicted octanol–water partition coefficient (Wildman–Crippen LogP) is 2.06. The van der Waals surface area contributed by atoms with E-state index < -0.39 is 0 Å². The van der Waals surface area contributed by atoms with Crippen LogP contribution in [-0.2, 0) is 21.7 Å². The quantitative estimate of drug-likeness (QED) is 0.374. The molecule has 0 atom stereocenters. The summed E-state index contributed by atoms with van der Waals surface area (Å²) in [4.78, 5) is 0. The van der Waals surface area contributed by atoms with Crippen LogP contribution in [0, 0.1) is 7.43 Å². The first-order valence-corrected chi connectivity index (χ1v) is 2.92. The Kier molecular flexibility index (Phi) is 63.9. The van der Waals surface area contributed by atoms with Gasteiger partial charge in [-0.1, -0.05) is 0 Å². The second kappa shape index (κ2) is 31.2. The van der Waals surface area contributed by atoms with Gasteiger partial charge in [-0.3, -0.25) is 0 Å². The Morgan fingerprint density at radius 2 is 1.00 bits per heavy atom. The molecule has 0 spiro atoms. The van der Waals surface area contributed by atoms with Crippen LogP contribution in [0.15, 0.2) is 0 Å². The molecule has 0 radical (unpaired) electrons. The molecule has 0 aliphatic carbocycles. The van der Waals surface area contributed by atoms with Gasteiger partial charge in [-0.2, -0.15) is 41.3 Å². The molecule has 0 bridgehead atoms. The van der Waals surface area contributed by atoms with Gasteiger partial charge in [0.2, 0.25) is 0 Å². The van der Waals surface area contributed by atoms with Gasteiger partial charge in [0.15, 0.2) is 0 Å². The molecule has 0 saturated heterocycles. The van der Waals surface area contributed by atoms with E-state index in [1.165, 1.54) is 0 Å². The zero-order chi connectivity index (χ0) is 7.54. The van der Waals surface area contributed by atoms with Crippen molar-refractivity contribution in [2.75, 3.05) is 41.3 Å². The van der Waals surface area contributed by atoms with Gasteiger partial charge in [0.25, 0.3) is 0 Å². The minimum absolute atomic E-state index is 0. The Labute approximate surface area is 86.6 Å². The van der Waals surface area contributed by atoms with Crippen LogP contribution < -0.4 is 0 Å². The summed E-state index contributed by atoms with van der Waals surface area (Å²) < 4.78 is 0. The fourth-order valence-electron chi connectivity index (χ4n) is 0.200. The number of hydrogen-bond acceptors (Lipinski definition) is 0. The molecule has 0 rings (SSSR count). The van der Waals surface area contributed by atoms with Crippen LogP contribution >= 0.6 is 0 Å². The maximum absolute atomic E-state index is 3.83. The minimum atomic E-state index is 0. The van der Waals surface area contributed by atoms with E-state index in [0.29, 0.717) is 0 Å². The monoisotopic (exact) mass is 193 g/mol. The van der Waals surface area contributed by atoms with Gasteiger partial charge in [0.1, 0.15) is 0 Å². The first-order valence-electron chi connectivity index (χ1n) is 2.92.